The van der Waals surface area contributed by atoms with Crippen molar-refractivity contribution < 1.29 is 9.53 Å². The normalized spacial score (nSPS) is 10.9. The first-order chi connectivity index (χ1) is 16.6. The maximum Gasteiger partial charge on any atom is 0.268 e. The summed E-state index contributed by atoms with van der Waals surface area (Å²) in [5.74, 6) is 1.24. The van der Waals surface area contributed by atoms with Crippen molar-refractivity contribution in [3.8, 4) is 17.0 Å². The molecule has 0 aliphatic heterocycles. The summed E-state index contributed by atoms with van der Waals surface area (Å²) in [5.41, 5.74) is 3.35. The van der Waals surface area contributed by atoms with Crippen LogP contribution in [0.3, 0.4) is 0 Å². The Kier molecular flexibility index (Phi) is 5.79. The molecule has 34 heavy (non-hydrogen) atoms. The predicted octanol–water partition coefficient (Wildman–Crippen LogP) is 4.25. The molecule has 5 rings (SSSR count). The van der Waals surface area contributed by atoms with Crippen molar-refractivity contribution in [3.05, 3.63) is 86.8 Å². The molecular formula is C24H20N6O3S. The van der Waals surface area contributed by atoms with Gasteiger partial charge in [-0.05, 0) is 41.3 Å². The second kappa shape index (κ2) is 9.20. The summed E-state index contributed by atoms with van der Waals surface area (Å²) in [6.45, 7) is 0.468. The Hall–Kier alpha value is -4.44. The number of nitrogens with zero attached hydrogens (tertiary/aromatic N) is 2. The molecular weight excluding hydrogens is 452 g/mol. The van der Waals surface area contributed by atoms with Crippen LogP contribution in [0, 0.1) is 0 Å². The molecule has 9 nitrogen and oxygen atoms in total. The van der Waals surface area contributed by atoms with E-state index in [2.05, 4.69) is 30.6 Å². The van der Waals surface area contributed by atoms with Gasteiger partial charge in [-0.3, -0.25) is 19.9 Å². The highest BCUT2D eigenvalue weighted by atomic mass is 32.1. The number of thiophene rings is 1. The number of amides is 1. The number of nitrogens with one attached hydrogen (secondary N) is 4. The van der Waals surface area contributed by atoms with Gasteiger partial charge in [0.2, 0.25) is 11.9 Å². The summed E-state index contributed by atoms with van der Waals surface area (Å²) in [4.78, 5) is 40.0. The van der Waals surface area contributed by atoms with Crippen LogP contribution in [-0.4, -0.2) is 33.0 Å². The fourth-order valence-electron chi connectivity index (χ4n) is 3.46. The number of methoxy groups -OCH3 is 1. The first-order valence-electron chi connectivity index (χ1n) is 10.4. The zero-order valence-corrected chi connectivity index (χ0v) is 18.9. The Morgan fingerprint density at radius 1 is 1.03 bits per heavy atom. The van der Waals surface area contributed by atoms with Gasteiger partial charge in [-0.2, -0.15) is 0 Å². The highest BCUT2D eigenvalue weighted by molar-refractivity contribution is 7.12. The fourth-order valence-corrected chi connectivity index (χ4v) is 4.08. The van der Waals surface area contributed by atoms with Gasteiger partial charge in [0, 0.05) is 18.2 Å². The molecule has 0 saturated heterocycles. The van der Waals surface area contributed by atoms with Gasteiger partial charge in [-0.1, -0.05) is 24.3 Å². The summed E-state index contributed by atoms with van der Waals surface area (Å²) >= 11 is 1.36. The number of benzene rings is 2. The molecule has 170 valence electrons. The van der Waals surface area contributed by atoms with Crippen LogP contribution in [-0.2, 0) is 6.54 Å². The minimum absolute atomic E-state index is 0.225. The molecule has 5 aromatic rings. The lowest BCUT2D eigenvalue weighted by Gasteiger charge is -2.08. The molecule has 0 aliphatic carbocycles. The van der Waals surface area contributed by atoms with Crippen molar-refractivity contribution >= 4 is 40.2 Å². The number of hydrogen-bond acceptors (Lipinski definition) is 7. The lowest BCUT2D eigenvalue weighted by atomic mass is 10.1. The molecule has 0 radical (unpaired) electrons. The maximum atomic E-state index is 12.3. The number of imidazole rings is 1. The molecule has 3 aromatic heterocycles. The third-order valence-electron chi connectivity index (χ3n) is 5.09. The van der Waals surface area contributed by atoms with Crippen LogP contribution in [0.1, 0.15) is 15.2 Å². The van der Waals surface area contributed by atoms with E-state index in [1.165, 1.54) is 17.4 Å². The molecule has 0 unspecified atom stereocenters. The SMILES string of the molecule is COc1cccc(CNc2nc(-c3ccc4[nH]c(NC(=O)c5cccs5)nc4c3)cc(=O)[nH]2)c1. The summed E-state index contributed by atoms with van der Waals surface area (Å²) in [6, 6.07) is 18.1. The third kappa shape index (κ3) is 4.66. The molecule has 0 saturated carbocycles. The lowest BCUT2D eigenvalue weighted by Crippen LogP contribution is -2.12. The highest BCUT2D eigenvalue weighted by Crippen LogP contribution is 2.23. The molecule has 3 heterocycles. The average Bonchev–Trinajstić information content (AvgIpc) is 3.52. The van der Waals surface area contributed by atoms with Gasteiger partial charge in [-0.25, -0.2) is 9.97 Å². The van der Waals surface area contributed by atoms with Crippen LogP contribution in [0.25, 0.3) is 22.3 Å². The Morgan fingerprint density at radius 2 is 1.94 bits per heavy atom. The van der Waals surface area contributed by atoms with Crippen molar-refractivity contribution in [2.75, 3.05) is 17.7 Å². The monoisotopic (exact) mass is 472 g/mol. The van der Waals surface area contributed by atoms with E-state index < -0.39 is 0 Å². The van der Waals surface area contributed by atoms with Gasteiger partial charge in [0.15, 0.2) is 0 Å². The minimum Gasteiger partial charge on any atom is -0.497 e. The van der Waals surface area contributed by atoms with E-state index in [1.807, 2.05) is 53.9 Å². The van der Waals surface area contributed by atoms with Gasteiger partial charge >= 0.3 is 0 Å². The van der Waals surface area contributed by atoms with E-state index in [1.54, 1.807) is 13.2 Å². The van der Waals surface area contributed by atoms with Crippen molar-refractivity contribution in [2.24, 2.45) is 0 Å². The Morgan fingerprint density at radius 3 is 2.76 bits per heavy atom. The van der Waals surface area contributed by atoms with E-state index >= 15 is 0 Å². The van der Waals surface area contributed by atoms with Crippen LogP contribution in [0.2, 0.25) is 0 Å². The van der Waals surface area contributed by atoms with Crippen molar-refractivity contribution in [1.82, 2.24) is 19.9 Å². The molecule has 0 bridgehead atoms. The second-order valence-electron chi connectivity index (χ2n) is 7.43. The van der Waals surface area contributed by atoms with Gasteiger partial charge in [0.05, 0.1) is 28.7 Å². The third-order valence-corrected chi connectivity index (χ3v) is 5.96. The zero-order chi connectivity index (χ0) is 23.5. The van der Waals surface area contributed by atoms with Crippen molar-refractivity contribution in [2.45, 2.75) is 6.54 Å². The molecule has 10 heteroatoms. The first kappa shape index (κ1) is 21.4. The summed E-state index contributed by atoms with van der Waals surface area (Å²) in [5, 5.41) is 7.76. The van der Waals surface area contributed by atoms with E-state index in [4.69, 9.17) is 4.74 Å². The zero-order valence-electron chi connectivity index (χ0n) is 18.1. The van der Waals surface area contributed by atoms with Gasteiger partial charge < -0.3 is 15.0 Å². The maximum absolute atomic E-state index is 12.3. The molecule has 4 N–H and O–H groups in total. The number of anilines is 2. The van der Waals surface area contributed by atoms with E-state index in [-0.39, 0.29) is 11.5 Å². The standard InChI is InChI=1S/C24H20N6O3S/c1-33-16-5-2-4-14(10-16)13-25-23-27-18(12-21(31)29-23)15-7-8-17-19(11-15)28-24(26-17)30-22(32)20-6-3-9-34-20/h2-12H,13H2,1H3,(H2,25,27,29,31)(H2,26,28,30,32). The van der Waals surface area contributed by atoms with Crippen LogP contribution in [0.4, 0.5) is 11.9 Å². The minimum atomic E-state index is -0.274. The fraction of sp³-hybridized carbons (Fsp3) is 0.0833. The number of rotatable bonds is 7. The largest absolute Gasteiger partial charge is 0.497 e. The van der Waals surface area contributed by atoms with E-state index in [9.17, 15) is 9.59 Å². The van der Waals surface area contributed by atoms with Gasteiger partial charge in [0.25, 0.3) is 11.5 Å². The first-order valence-corrected chi connectivity index (χ1v) is 11.3. The summed E-state index contributed by atoms with van der Waals surface area (Å²) in [7, 11) is 1.62. The van der Waals surface area contributed by atoms with Gasteiger partial charge in [-0.15, -0.1) is 11.3 Å². The smallest absolute Gasteiger partial charge is 0.268 e. The van der Waals surface area contributed by atoms with Crippen LogP contribution in [0.15, 0.2) is 70.8 Å². The number of aromatic amines is 2. The van der Waals surface area contributed by atoms with E-state index in [0.717, 1.165) is 22.4 Å². The molecule has 1 amide bonds. The molecule has 0 fully saturated rings. The van der Waals surface area contributed by atoms with Gasteiger partial charge in [0.1, 0.15) is 5.75 Å². The average molecular weight is 473 g/mol. The van der Waals surface area contributed by atoms with Crippen LogP contribution >= 0.6 is 11.3 Å². The Balaban J connectivity index is 1.36. The summed E-state index contributed by atoms with van der Waals surface area (Å²) in [6.07, 6.45) is 0. The number of aromatic nitrogens is 4. The van der Waals surface area contributed by atoms with Crippen molar-refractivity contribution in [1.29, 1.82) is 0 Å². The number of H-pyrrole nitrogens is 2. The quantitative estimate of drug-likeness (QED) is 0.281. The topological polar surface area (TPSA) is 125 Å². The number of ether oxygens (including phenoxy) is 1. The van der Waals surface area contributed by atoms with Crippen LogP contribution in [0.5, 0.6) is 5.75 Å². The summed E-state index contributed by atoms with van der Waals surface area (Å²) < 4.78 is 5.25. The van der Waals surface area contributed by atoms with Crippen molar-refractivity contribution in [3.63, 3.8) is 0 Å². The molecule has 2 aromatic carbocycles. The predicted molar refractivity (Wildman–Crippen MR) is 133 cm³/mol. The molecule has 0 atom stereocenters. The number of fused-ring (bicyclic) bond motifs is 1. The number of carbonyl (C=O) groups is 1. The Bertz CT molecular complexity index is 1520. The van der Waals surface area contributed by atoms with Crippen LogP contribution < -0.4 is 20.9 Å². The molecule has 0 spiro atoms. The second-order valence-corrected chi connectivity index (χ2v) is 8.38. The lowest BCUT2D eigenvalue weighted by molar-refractivity contribution is 0.103. The molecule has 0 aliphatic rings. The number of carbonyl (C=O) groups excluding carboxylic acids is 1. The Labute approximate surface area is 197 Å². The van der Waals surface area contributed by atoms with E-state index in [0.29, 0.717) is 34.5 Å². The number of hydrogen-bond donors (Lipinski definition) is 4. The highest BCUT2D eigenvalue weighted by Gasteiger charge is 2.12.